The second kappa shape index (κ2) is 10.4. The molecule has 0 aliphatic carbocycles. The van der Waals surface area contributed by atoms with Crippen molar-refractivity contribution in [1.82, 2.24) is 10.2 Å². The van der Waals surface area contributed by atoms with Crippen LogP contribution in [-0.4, -0.2) is 37.0 Å². The Hall–Kier alpha value is -2.33. The molecular formula is C25H35N3O. The number of aryl methyl sites for hydroxylation is 1. The Bertz CT molecular complexity index is 758. The Morgan fingerprint density at radius 2 is 1.55 bits per heavy atom. The number of hydrogen-bond acceptors (Lipinski definition) is 3. The van der Waals surface area contributed by atoms with Crippen LogP contribution in [0.3, 0.4) is 0 Å². The molecule has 2 aromatic rings. The summed E-state index contributed by atoms with van der Waals surface area (Å²) in [6.45, 7) is 12.1. The molecular weight excluding hydrogens is 358 g/mol. The number of rotatable bonds is 8. The molecule has 1 aliphatic heterocycles. The van der Waals surface area contributed by atoms with Crippen LogP contribution in [0.1, 0.15) is 43.4 Å². The summed E-state index contributed by atoms with van der Waals surface area (Å²) in [5, 5.41) is 3.15. The van der Waals surface area contributed by atoms with Gasteiger partial charge >= 0.3 is 0 Å². The van der Waals surface area contributed by atoms with Gasteiger partial charge in [-0.15, -0.1) is 0 Å². The van der Waals surface area contributed by atoms with E-state index in [1.54, 1.807) is 0 Å². The molecule has 4 heteroatoms. The number of piperidine rings is 1. The maximum Gasteiger partial charge on any atom is 0.223 e. The molecule has 0 saturated carbocycles. The highest BCUT2D eigenvalue weighted by atomic mass is 16.1. The van der Waals surface area contributed by atoms with Gasteiger partial charge in [-0.25, -0.2) is 0 Å². The average Bonchev–Trinajstić information content (AvgIpc) is 2.76. The second-order valence-corrected chi connectivity index (χ2v) is 8.09. The van der Waals surface area contributed by atoms with E-state index in [0.29, 0.717) is 6.54 Å². The Morgan fingerprint density at radius 1 is 0.966 bits per heavy atom. The van der Waals surface area contributed by atoms with E-state index in [2.05, 4.69) is 84.4 Å². The van der Waals surface area contributed by atoms with Crippen LogP contribution < -0.4 is 10.2 Å². The Morgan fingerprint density at radius 3 is 2.14 bits per heavy atom. The summed E-state index contributed by atoms with van der Waals surface area (Å²) >= 11 is 0. The van der Waals surface area contributed by atoms with Crippen molar-refractivity contribution in [2.45, 2.75) is 46.7 Å². The zero-order valence-electron chi connectivity index (χ0n) is 18.2. The Kier molecular flexibility index (Phi) is 7.70. The first-order chi connectivity index (χ1) is 14.1. The molecule has 3 rings (SSSR count). The summed E-state index contributed by atoms with van der Waals surface area (Å²) in [5.41, 5.74) is 5.05. The van der Waals surface area contributed by atoms with E-state index >= 15 is 0 Å². The number of carbonyl (C=O) groups excluding carboxylic acids is 1. The van der Waals surface area contributed by atoms with Gasteiger partial charge in [-0.2, -0.15) is 0 Å². The fourth-order valence-corrected chi connectivity index (χ4v) is 4.05. The number of hydrogen-bond donors (Lipinski definition) is 1. The summed E-state index contributed by atoms with van der Waals surface area (Å²) in [5.74, 6) is 0.340. The van der Waals surface area contributed by atoms with Gasteiger partial charge in [-0.05, 0) is 70.0 Å². The van der Waals surface area contributed by atoms with Crippen molar-refractivity contribution in [1.29, 1.82) is 0 Å². The van der Waals surface area contributed by atoms with Crippen LogP contribution in [0, 0.1) is 12.8 Å². The molecule has 4 nitrogen and oxygen atoms in total. The van der Waals surface area contributed by atoms with Gasteiger partial charge in [0.2, 0.25) is 5.91 Å². The van der Waals surface area contributed by atoms with E-state index in [1.165, 1.54) is 16.8 Å². The van der Waals surface area contributed by atoms with Gasteiger partial charge in [0.05, 0.1) is 0 Å². The first-order valence-corrected chi connectivity index (χ1v) is 11.0. The molecule has 0 bridgehead atoms. The van der Waals surface area contributed by atoms with Crippen LogP contribution in [0.25, 0.3) is 0 Å². The van der Waals surface area contributed by atoms with E-state index in [4.69, 9.17) is 0 Å². The van der Waals surface area contributed by atoms with E-state index < -0.39 is 0 Å². The van der Waals surface area contributed by atoms with Crippen LogP contribution in [0.5, 0.6) is 0 Å². The van der Waals surface area contributed by atoms with Crippen LogP contribution in [0.2, 0.25) is 0 Å². The van der Waals surface area contributed by atoms with Crippen molar-refractivity contribution < 1.29 is 4.79 Å². The van der Waals surface area contributed by atoms with Crippen molar-refractivity contribution in [2.75, 3.05) is 31.1 Å². The first-order valence-electron chi connectivity index (χ1n) is 11.0. The van der Waals surface area contributed by atoms with Gasteiger partial charge in [0.1, 0.15) is 0 Å². The molecule has 0 unspecified atom stereocenters. The third-order valence-electron chi connectivity index (χ3n) is 6.02. The predicted molar refractivity (Wildman–Crippen MR) is 121 cm³/mol. The number of likely N-dealkylation sites (tertiary alicyclic amines) is 1. The third-order valence-corrected chi connectivity index (χ3v) is 6.02. The van der Waals surface area contributed by atoms with Gasteiger partial charge in [-0.3, -0.25) is 9.69 Å². The monoisotopic (exact) mass is 393 g/mol. The molecule has 1 amide bonds. The third kappa shape index (κ3) is 6.07. The molecule has 0 radical (unpaired) electrons. The van der Waals surface area contributed by atoms with Crippen molar-refractivity contribution in [2.24, 2.45) is 5.92 Å². The molecule has 29 heavy (non-hydrogen) atoms. The van der Waals surface area contributed by atoms with Gasteiger partial charge in [0.15, 0.2) is 0 Å². The highest BCUT2D eigenvalue weighted by Gasteiger charge is 2.24. The lowest BCUT2D eigenvalue weighted by Crippen LogP contribution is -2.40. The van der Waals surface area contributed by atoms with Crippen molar-refractivity contribution in [3.05, 3.63) is 65.2 Å². The number of anilines is 1. The molecule has 0 aromatic heterocycles. The van der Waals surface area contributed by atoms with E-state index in [-0.39, 0.29) is 11.8 Å². The fraction of sp³-hybridized carbons (Fsp3) is 0.480. The number of nitrogens with one attached hydrogen (secondary N) is 1. The van der Waals surface area contributed by atoms with Gasteiger partial charge < -0.3 is 10.2 Å². The van der Waals surface area contributed by atoms with E-state index in [0.717, 1.165) is 51.1 Å². The van der Waals surface area contributed by atoms with Crippen LogP contribution >= 0.6 is 0 Å². The van der Waals surface area contributed by atoms with E-state index in [9.17, 15) is 4.79 Å². The summed E-state index contributed by atoms with van der Waals surface area (Å²) in [4.78, 5) is 17.4. The van der Waals surface area contributed by atoms with Crippen molar-refractivity contribution >= 4 is 11.6 Å². The lowest BCUT2D eigenvalue weighted by molar-refractivity contribution is -0.126. The summed E-state index contributed by atoms with van der Waals surface area (Å²) in [6, 6.07) is 17.3. The lowest BCUT2D eigenvalue weighted by Gasteiger charge is -2.31. The molecule has 0 spiro atoms. The first kappa shape index (κ1) is 21.4. The predicted octanol–water partition coefficient (Wildman–Crippen LogP) is 4.37. The zero-order valence-corrected chi connectivity index (χ0v) is 18.2. The minimum Gasteiger partial charge on any atom is -0.372 e. The van der Waals surface area contributed by atoms with E-state index in [1.807, 2.05) is 0 Å². The Balaban J connectivity index is 1.42. The highest BCUT2D eigenvalue weighted by molar-refractivity contribution is 5.78. The standard InChI is InChI=1S/C25H35N3O/c1-4-28(5-2)24-12-10-21(11-13-24)18-26-25(29)23-14-16-27(17-15-23)19-22-8-6-20(3)7-9-22/h6-13,23H,4-5,14-19H2,1-3H3,(H,26,29). The quantitative estimate of drug-likeness (QED) is 0.723. The maximum atomic E-state index is 12.6. The van der Waals surface area contributed by atoms with Crippen LogP contribution in [0.4, 0.5) is 5.69 Å². The highest BCUT2D eigenvalue weighted by Crippen LogP contribution is 2.20. The Labute approximate surface area is 175 Å². The number of nitrogens with zero attached hydrogens (tertiary/aromatic N) is 2. The molecule has 1 fully saturated rings. The topological polar surface area (TPSA) is 35.6 Å². The molecule has 0 atom stereocenters. The summed E-state index contributed by atoms with van der Waals surface area (Å²) in [7, 11) is 0. The van der Waals surface area contributed by atoms with Gasteiger partial charge in [-0.1, -0.05) is 42.0 Å². The minimum absolute atomic E-state index is 0.138. The fourth-order valence-electron chi connectivity index (χ4n) is 4.05. The summed E-state index contributed by atoms with van der Waals surface area (Å²) < 4.78 is 0. The molecule has 1 heterocycles. The smallest absolute Gasteiger partial charge is 0.223 e. The minimum atomic E-state index is 0.138. The summed E-state index contributed by atoms with van der Waals surface area (Å²) in [6.07, 6.45) is 1.89. The SMILES string of the molecule is CCN(CC)c1ccc(CNC(=O)C2CCN(Cc3ccc(C)cc3)CC2)cc1. The average molecular weight is 394 g/mol. The van der Waals surface area contributed by atoms with Gasteiger partial charge in [0, 0.05) is 37.8 Å². The number of carbonyl (C=O) groups is 1. The number of amides is 1. The second-order valence-electron chi connectivity index (χ2n) is 8.09. The molecule has 1 saturated heterocycles. The van der Waals surface area contributed by atoms with Crippen LogP contribution in [-0.2, 0) is 17.9 Å². The molecule has 1 N–H and O–H groups in total. The molecule has 1 aliphatic rings. The molecule has 156 valence electrons. The lowest BCUT2D eigenvalue weighted by atomic mass is 9.95. The van der Waals surface area contributed by atoms with Gasteiger partial charge in [0.25, 0.3) is 0 Å². The maximum absolute atomic E-state index is 12.6. The zero-order chi connectivity index (χ0) is 20.6. The largest absolute Gasteiger partial charge is 0.372 e. The van der Waals surface area contributed by atoms with Crippen LogP contribution in [0.15, 0.2) is 48.5 Å². The molecule has 2 aromatic carbocycles. The normalized spacial score (nSPS) is 15.3. The number of benzene rings is 2. The van der Waals surface area contributed by atoms with Crippen molar-refractivity contribution in [3.63, 3.8) is 0 Å². The van der Waals surface area contributed by atoms with Crippen molar-refractivity contribution in [3.8, 4) is 0 Å².